The van der Waals surface area contributed by atoms with Crippen LogP contribution in [0.2, 0.25) is 0 Å². The molecule has 1 heterocycles. The van der Waals surface area contributed by atoms with E-state index in [1.165, 1.54) is 0 Å². The van der Waals surface area contributed by atoms with E-state index in [-0.39, 0.29) is 11.1 Å². The van der Waals surface area contributed by atoms with E-state index in [9.17, 15) is 22.8 Å². The maximum Gasteiger partial charge on any atom is 0.410 e. The molecular weight excluding hydrogens is 269 g/mol. The zero-order chi connectivity index (χ0) is 14.6. The highest BCUT2D eigenvalue weighted by atomic mass is 19.4. The van der Waals surface area contributed by atoms with E-state index >= 15 is 0 Å². The minimum absolute atomic E-state index is 0.333. The van der Waals surface area contributed by atoms with Crippen LogP contribution < -0.4 is 5.32 Å². The molecule has 3 N–H and O–H groups in total. The fourth-order valence-electron chi connectivity index (χ4n) is 1.15. The Bertz CT molecular complexity index is 490. The van der Waals surface area contributed by atoms with E-state index in [2.05, 4.69) is 4.98 Å². The van der Waals surface area contributed by atoms with Crippen molar-refractivity contribution in [2.24, 2.45) is 0 Å². The number of nitrogens with one attached hydrogen (secondary N) is 1. The van der Waals surface area contributed by atoms with Crippen LogP contribution in [0.4, 0.5) is 13.2 Å². The van der Waals surface area contributed by atoms with Crippen molar-refractivity contribution in [1.29, 1.82) is 0 Å². The van der Waals surface area contributed by atoms with Crippen LogP contribution in [0.3, 0.4) is 0 Å². The predicted molar refractivity (Wildman–Crippen MR) is 55.6 cm³/mol. The number of carboxylic acids is 1. The van der Waals surface area contributed by atoms with Gasteiger partial charge in [0.1, 0.15) is 6.04 Å². The summed E-state index contributed by atoms with van der Waals surface area (Å²) in [5.74, 6) is -2.54. The van der Waals surface area contributed by atoms with Gasteiger partial charge < -0.3 is 15.5 Å². The van der Waals surface area contributed by atoms with E-state index in [0.717, 1.165) is 18.5 Å². The van der Waals surface area contributed by atoms with Crippen LogP contribution in [0, 0.1) is 0 Å². The van der Waals surface area contributed by atoms with Crippen molar-refractivity contribution in [3.8, 4) is 0 Å². The van der Waals surface area contributed by atoms with Gasteiger partial charge in [-0.2, -0.15) is 13.2 Å². The van der Waals surface area contributed by atoms with E-state index in [0.29, 0.717) is 0 Å². The standard InChI is InChI=1S/C10H9F3N2O4/c11-10(12,13)7(4-16)15-8(17)5-1-6(9(18)19)3-14-2-5/h1-3,7,16H,4H2,(H,15,17)(H,18,19). The molecule has 9 heteroatoms. The van der Waals surface area contributed by atoms with E-state index in [4.69, 9.17) is 10.2 Å². The predicted octanol–water partition coefficient (Wildman–Crippen LogP) is 0.433. The van der Waals surface area contributed by atoms with Crippen molar-refractivity contribution in [3.63, 3.8) is 0 Å². The number of amides is 1. The van der Waals surface area contributed by atoms with Gasteiger partial charge in [-0.3, -0.25) is 9.78 Å². The molecule has 0 aromatic carbocycles. The lowest BCUT2D eigenvalue weighted by Crippen LogP contribution is -2.47. The first-order valence-electron chi connectivity index (χ1n) is 4.92. The molecule has 0 spiro atoms. The summed E-state index contributed by atoms with van der Waals surface area (Å²) < 4.78 is 37.0. The highest BCUT2D eigenvalue weighted by Crippen LogP contribution is 2.20. The smallest absolute Gasteiger partial charge is 0.410 e. The SMILES string of the molecule is O=C(O)c1cncc(C(=O)NC(CO)C(F)(F)F)c1. The molecule has 104 valence electrons. The summed E-state index contributed by atoms with van der Waals surface area (Å²) in [5.41, 5.74) is -0.678. The Hall–Kier alpha value is -2.16. The molecule has 1 aromatic heterocycles. The molecule has 6 nitrogen and oxygen atoms in total. The summed E-state index contributed by atoms with van der Waals surface area (Å²) in [6, 6.07) is -1.54. The Morgan fingerprint density at radius 1 is 1.32 bits per heavy atom. The average Bonchev–Trinajstić information content (AvgIpc) is 2.34. The number of carbonyl (C=O) groups is 2. The van der Waals surface area contributed by atoms with Crippen molar-refractivity contribution < 1.29 is 33.0 Å². The Balaban J connectivity index is 2.89. The summed E-state index contributed by atoms with van der Waals surface area (Å²) in [7, 11) is 0. The third-order valence-corrected chi connectivity index (χ3v) is 2.13. The summed E-state index contributed by atoms with van der Waals surface area (Å²) in [6.07, 6.45) is -2.93. The molecule has 0 saturated carbocycles. The monoisotopic (exact) mass is 278 g/mol. The van der Waals surface area contributed by atoms with Crippen molar-refractivity contribution in [2.75, 3.05) is 6.61 Å². The number of aliphatic hydroxyl groups is 1. The van der Waals surface area contributed by atoms with Gasteiger partial charge in [-0.15, -0.1) is 0 Å². The van der Waals surface area contributed by atoms with Crippen LogP contribution in [0.25, 0.3) is 0 Å². The molecule has 0 bridgehead atoms. The maximum atomic E-state index is 12.3. The zero-order valence-electron chi connectivity index (χ0n) is 9.31. The summed E-state index contributed by atoms with van der Waals surface area (Å²) in [6.45, 7) is -1.32. The molecule has 1 amide bonds. The second-order valence-corrected chi connectivity index (χ2v) is 3.52. The number of halogens is 3. The highest BCUT2D eigenvalue weighted by molar-refractivity contribution is 5.97. The first-order chi connectivity index (χ1) is 8.75. The molecule has 0 saturated heterocycles. The number of alkyl halides is 3. The van der Waals surface area contributed by atoms with Gasteiger partial charge >= 0.3 is 12.1 Å². The number of aromatic carboxylic acids is 1. The number of pyridine rings is 1. The molecule has 0 aliphatic rings. The van der Waals surface area contributed by atoms with Crippen molar-refractivity contribution in [1.82, 2.24) is 10.3 Å². The van der Waals surface area contributed by atoms with Gasteiger partial charge in [0.25, 0.3) is 5.91 Å². The van der Waals surface area contributed by atoms with Gasteiger partial charge in [0, 0.05) is 12.4 Å². The normalized spacial score (nSPS) is 12.8. The summed E-state index contributed by atoms with van der Waals surface area (Å²) in [5, 5.41) is 18.8. The van der Waals surface area contributed by atoms with Crippen LogP contribution in [-0.4, -0.2) is 45.9 Å². The molecule has 0 radical (unpaired) electrons. The quantitative estimate of drug-likeness (QED) is 0.741. The maximum absolute atomic E-state index is 12.3. The third kappa shape index (κ3) is 3.91. The topological polar surface area (TPSA) is 99.5 Å². The second kappa shape index (κ2) is 5.65. The van der Waals surface area contributed by atoms with E-state index in [1.807, 2.05) is 0 Å². The number of hydrogen-bond donors (Lipinski definition) is 3. The summed E-state index contributed by atoms with van der Waals surface area (Å²) >= 11 is 0. The highest BCUT2D eigenvalue weighted by Gasteiger charge is 2.40. The lowest BCUT2D eigenvalue weighted by atomic mass is 10.2. The fourth-order valence-corrected chi connectivity index (χ4v) is 1.15. The van der Waals surface area contributed by atoms with Crippen molar-refractivity contribution >= 4 is 11.9 Å². The first kappa shape index (κ1) is 14.9. The van der Waals surface area contributed by atoms with Gasteiger partial charge in [-0.1, -0.05) is 0 Å². The molecule has 1 aromatic rings. The van der Waals surface area contributed by atoms with Crippen LogP contribution in [0.1, 0.15) is 20.7 Å². The second-order valence-electron chi connectivity index (χ2n) is 3.52. The third-order valence-electron chi connectivity index (χ3n) is 2.13. The van der Waals surface area contributed by atoms with E-state index in [1.54, 1.807) is 5.32 Å². The number of carbonyl (C=O) groups excluding carboxylic acids is 1. The van der Waals surface area contributed by atoms with Crippen LogP contribution in [-0.2, 0) is 0 Å². The lowest BCUT2D eigenvalue weighted by molar-refractivity contribution is -0.161. The van der Waals surface area contributed by atoms with Crippen LogP contribution >= 0.6 is 0 Å². The summed E-state index contributed by atoms with van der Waals surface area (Å²) in [4.78, 5) is 25.5. The van der Waals surface area contributed by atoms with Crippen LogP contribution in [0.5, 0.6) is 0 Å². The number of aromatic nitrogens is 1. The lowest BCUT2D eigenvalue weighted by Gasteiger charge is -2.19. The molecule has 1 atom stereocenters. The van der Waals surface area contributed by atoms with Gasteiger partial charge in [0.2, 0.25) is 0 Å². The molecular formula is C10H9F3N2O4. The number of rotatable bonds is 4. The minimum Gasteiger partial charge on any atom is -0.478 e. The number of hydrogen-bond acceptors (Lipinski definition) is 4. The van der Waals surface area contributed by atoms with Crippen LogP contribution in [0.15, 0.2) is 18.5 Å². The van der Waals surface area contributed by atoms with Gasteiger partial charge in [-0.05, 0) is 6.07 Å². The molecule has 1 unspecified atom stereocenters. The number of nitrogens with zero attached hydrogens (tertiary/aromatic N) is 1. The van der Waals surface area contributed by atoms with Crippen molar-refractivity contribution in [2.45, 2.75) is 12.2 Å². The molecule has 0 aliphatic heterocycles. The molecule has 0 fully saturated rings. The number of carboxylic acid groups (broad SMARTS) is 1. The zero-order valence-corrected chi connectivity index (χ0v) is 9.31. The Morgan fingerprint density at radius 2 is 1.89 bits per heavy atom. The molecule has 19 heavy (non-hydrogen) atoms. The molecule has 0 aliphatic carbocycles. The van der Waals surface area contributed by atoms with Gasteiger partial charge in [-0.25, -0.2) is 4.79 Å². The largest absolute Gasteiger partial charge is 0.478 e. The first-order valence-corrected chi connectivity index (χ1v) is 4.92. The van der Waals surface area contributed by atoms with E-state index < -0.39 is 30.7 Å². The fraction of sp³-hybridized carbons (Fsp3) is 0.300. The Kier molecular flexibility index (Phi) is 4.43. The van der Waals surface area contributed by atoms with Gasteiger partial charge in [0.05, 0.1) is 17.7 Å². The minimum atomic E-state index is -4.80. The number of aliphatic hydroxyl groups excluding tert-OH is 1. The Morgan fingerprint density at radius 3 is 2.37 bits per heavy atom. The van der Waals surface area contributed by atoms with Crippen molar-refractivity contribution in [3.05, 3.63) is 29.6 Å². The Labute approximate surface area is 104 Å². The molecule has 1 rings (SSSR count). The average molecular weight is 278 g/mol. The van der Waals surface area contributed by atoms with Gasteiger partial charge in [0.15, 0.2) is 0 Å².